The Labute approximate surface area is 238 Å². The number of hydrogen-bond acceptors (Lipinski definition) is 5. The van der Waals surface area contributed by atoms with E-state index in [-0.39, 0.29) is 30.4 Å². The summed E-state index contributed by atoms with van der Waals surface area (Å²) in [5.74, 6) is 6.32. The Hall–Kier alpha value is -3.34. The number of piperidine rings is 1. The van der Waals surface area contributed by atoms with E-state index in [1.54, 1.807) is 11.0 Å². The minimum absolute atomic E-state index is 0.174. The molecule has 0 spiro atoms. The van der Waals surface area contributed by atoms with Crippen molar-refractivity contribution < 1.29 is 23.9 Å². The Morgan fingerprint density at radius 2 is 1.82 bits per heavy atom. The SMILES string of the molecule is CC(C)(C)OC(=O)N(CCCCCC#Cc1ccc2c(c1)CN(C1CCC(=O)NC1=O)C2=O)[C@H]1CC[C@@H](C)CC1. The van der Waals surface area contributed by atoms with Crippen LogP contribution in [0, 0.1) is 17.8 Å². The summed E-state index contributed by atoms with van der Waals surface area (Å²) in [6.07, 6.45) is 8.41. The van der Waals surface area contributed by atoms with Gasteiger partial charge in [0.15, 0.2) is 0 Å². The third kappa shape index (κ3) is 7.65. The van der Waals surface area contributed by atoms with Crippen LogP contribution in [-0.2, 0) is 20.9 Å². The number of unbranched alkanes of at least 4 members (excludes halogenated alkanes) is 3. The smallest absolute Gasteiger partial charge is 0.410 e. The molecule has 1 aliphatic carbocycles. The Balaban J connectivity index is 1.25. The van der Waals surface area contributed by atoms with Crippen LogP contribution in [0.15, 0.2) is 18.2 Å². The fourth-order valence-corrected chi connectivity index (χ4v) is 5.79. The molecule has 8 heteroatoms. The number of benzene rings is 1. The second kappa shape index (κ2) is 12.9. The molecular formula is C32H43N3O5. The molecule has 8 nitrogen and oxygen atoms in total. The topological polar surface area (TPSA) is 96.0 Å². The van der Waals surface area contributed by atoms with Gasteiger partial charge < -0.3 is 14.5 Å². The second-order valence-electron chi connectivity index (χ2n) is 12.5. The van der Waals surface area contributed by atoms with E-state index in [1.807, 2.05) is 37.8 Å². The van der Waals surface area contributed by atoms with Crippen molar-refractivity contribution in [3.63, 3.8) is 0 Å². The lowest BCUT2D eigenvalue weighted by molar-refractivity contribution is -0.136. The molecule has 2 fully saturated rings. The summed E-state index contributed by atoms with van der Waals surface area (Å²) in [5, 5.41) is 2.33. The van der Waals surface area contributed by atoms with Crippen LogP contribution in [0.4, 0.5) is 4.79 Å². The lowest BCUT2D eigenvalue weighted by Crippen LogP contribution is -2.52. The Morgan fingerprint density at radius 3 is 2.52 bits per heavy atom. The van der Waals surface area contributed by atoms with Crippen LogP contribution < -0.4 is 5.32 Å². The predicted octanol–water partition coefficient (Wildman–Crippen LogP) is 5.18. The van der Waals surface area contributed by atoms with Crippen molar-refractivity contribution in [3.8, 4) is 11.8 Å². The van der Waals surface area contributed by atoms with E-state index < -0.39 is 17.6 Å². The van der Waals surface area contributed by atoms with Crippen molar-refractivity contribution in [2.75, 3.05) is 6.54 Å². The number of nitrogens with one attached hydrogen (secondary N) is 1. The zero-order valence-electron chi connectivity index (χ0n) is 24.4. The number of nitrogens with zero attached hydrogens (tertiary/aromatic N) is 2. The molecule has 1 saturated carbocycles. The fourth-order valence-electron chi connectivity index (χ4n) is 5.79. The standard InChI is InChI=1S/C32H43N3O5/c1-22-11-14-25(15-12-22)34(31(39)40-32(2,3)4)19-9-7-5-6-8-10-23-13-16-26-24(20-23)21-35(30(26)38)27-17-18-28(36)33-29(27)37/h13,16,20,22,25,27H,5-7,9,11-12,14-15,17-19,21H2,1-4H3,(H,33,36,37)/t22-,25+,27?. The summed E-state index contributed by atoms with van der Waals surface area (Å²) in [4.78, 5) is 53.0. The maximum atomic E-state index is 12.9. The summed E-state index contributed by atoms with van der Waals surface area (Å²) in [6.45, 7) is 9.09. The molecule has 4 amide bonds. The molecule has 1 aromatic rings. The number of fused-ring (bicyclic) bond motifs is 1. The molecule has 0 bridgehead atoms. The lowest BCUT2D eigenvalue weighted by Gasteiger charge is -2.37. The van der Waals surface area contributed by atoms with Crippen LogP contribution in [0.25, 0.3) is 0 Å². The Morgan fingerprint density at radius 1 is 1.07 bits per heavy atom. The molecule has 1 atom stereocenters. The van der Waals surface area contributed by atoms with Gasteiger partial charge in [-0.25, -0.2) is 4.79 Å². The first kappa shape index (κ1) is 29.6. The predicted molar refractivity (Wildman–Crippen MR) is 152 cm³/mol. The highest BCUT2D eigenvalue weighted by Crippen LogP contribution is 2.29. The van der Waals surface area contributed by atoms with E-state index in [4.69, 9.17) is 4.74 Å². The maximum absolute atomic E-state index is 12.9. The number of carbonyl (C=O) groups is 4. The van der Waals surface area contributed by atoms with Gasteiger partial charge in [-0.3, -0.25) is 19.7 Å². The number of ether oxygens (including phenoxy) is 1. The summed E-state index contributed by atoms with van der Waals surface area (Å²) in [5.41, 5.74) is 1.80. The minimum atomic E-state index is -0.611. The van der Waals surface area contributed by atoms with Crippen molar-refractivity contribution in [1.82, 2.24) is 15.1 Å². The summed E-state index contributed by atoms with van der Waals surface area (Å²) in [7, 11) is 0. The van der Waals surface area contributed by atoms with E-state index in [1.165, 1.54) is 0 Å². The molecular weight excluding hydrogens is 506 g/mol. The normalized spacial score (nSPS) is 22.8. The van der Waals surface area contributed by atoms with Gasteiger partial charge in [0, 0.05) is 43.1 Å². The average Bonchev–Trinajstić information content (AvgIpc) is 3.20. The quantitative estimate of drug-likeness (QED) is 0.287. The molecule has 1 N–H and O–H groups in total. The van der Waals surface area contributed by atoms with Gasteiger partial charge in [-0.05, 0) is 95.4 Å². The Kier molecular flexibility index (Phi) is 9.55. The van der Waals surface area contributed by atoms with Crippen molar-refractivity contribution >= 4 is 23.8 Å². The molecule has 1 saturated heterocycles. The minimum Gasteiger partial charge on any atom is -0.444 e. The van der Waals surface area contributed by atoms with Gasteiger partial charge >= 0.3 is 6.09 Å². The number of imide groups is 1. The van der Waals surface area contributed by atoms with Crippen molar-refractivity contribution in [2.45, 2.75) is 116 Å². The second-order valence-corrected chi connectivity index (χ2v) is 12.5. The molecule has 40 heavy (non-hydrogen) atoms. The monoisotopic (exact) mass is 549 g/mol. The van der Waals surface area contributed by atoms with Crippen LogP contribution in [0.5, 0.6) is 0 Å². The molecule has 2 aliphatic heterocycles. The highest BCUT2D eigenvalue weighted by molar-refractivity contribution is 6.05. The van der Waals surface area contributed by atoms with E-state index >= 15 is 0 Å². The highest BCUT2D eigenvalue weighted by atomic mass is 16.6. The third-order valence-electron chi connectivity index (χ3n) is 8.01. The van der Waals surface area contributed by atoms with Crippen molar-refractivity contribution in [3.05, 3.63) is 34.9 Å². The van der Waals surface area contributed by atoms with Crippen molar-refractivity contribution in [1.29, 1.82) is 0 Å². The first-order chi connectivity index (χ1) is 19.0. The average molecular weight is 550 g/mol. The molecule has 1 aromatic carbocycles. The van der Waals surface area contributed by atoms with Crippen molar-refractivity contribution in [2.24, 2.45) is 5.92 Å². The largest absolute Gasteiger partial charge is 0.444 e. The Bertz CT molecular complexity index is 1180. The molecule has 4 rings (SSSR count). The number of amides is 4. The van der Waals surface area contributed by atoms with Gasteiger partial charge in [-0.15, -0.1) is 0 Å². The first-order valence-electron chi connectivity index (χ1n) is 14.8. The zero-order chi connectivity index (χ0) is 28.9. The first-order valence-corrected chi connectivity index (χ1v) is 14.8. The van der Waals surface area contributed by atoms with Gasteiger partial charge in [0.25, 0.3) is 5.91 Å². The van der Waals surface area contributed by atoms with Gasteiger partial charge in [0.05, 0.1) is 0 Å². The van der Waals surface area contributed by atoms with Crippen LogP contribution in [-0.4, -0.2) is 57.8 Å². The van der Waals surface area contributed by atoms with Gasteiger partial charge in [0.2, 0.25) is 11.8 Å². The third-order valence-corrected chi connectivity index (χ3v) is 8.01. The van der Waals surface area contributed by atoms with Crippen LogP contribution >= 0.6 is 0 Å². The zero-order valence-corrected chi connectivity index (χ0v) is 24.4. The van der Waals surface area contributed by atoms with Gasteiger partial charge in [-0.1, -0.05) is 25.2 Å². The van der Waals surface area contributed by atoms with Gasteiger partial charge in [0.1, 0.15) is 11.6 Å². The van der Waals surface area contributed by atoms with E-state index in [0.29, 0.717) is 25.1 Å². The van der Waals surface area contributed by atoms with E-state index in [2.05, 4.69) is 24.1 Å². The molecule has 216 valence electrons. The number of carbonyl (C=O) groups excluding carboxylic acids is 4. The maximum Gasteiger partial charge on any atom is 0.410 e. The van der Waals surface area contributed by atoms with Crippen LogP contribution in [0.2, 0.25) is 0 Å². The molecule has 0 aromatic heterocycles. The lowest BCUT2D eigenvalue weighted by atomic mass is 9.86. The summed E-state index contributed by atoms with van der Waals surface area (Å²) >= 11 is 0. The fraction of sp³-hybridized carbons (Fsp3) is 0.625. The summed E-state index contributed by atoms with van der Waals surface area (Å²) < 4.78 is 5.72. The summed E-state index contributed by atoms with van der Waals surface area (Å²) in [6, 6.07) is 5.21. The van der Waals surface area contributed by atoms with E-state index in [0.717, 1.165) is 68.4 Å². The molecule has 3 aliphatic rings. The highest BCUT2D eigenvalue weighted by Gasteiger charge is 2.39. The van der Waals surface area contributed by atoms with Crippen LogP contribution in [0.1, 0.15) is 113 Å². The molecule has 0 radical (unpaired) electrons. The molecule has 2 heterocycles. The van der Waals surface area contributed by atoms with Gasteiger partial charge in [-0.2, -0.15) is 0 Å². The van der Waals surface area contributed by atoms with Crippen LogP contribution in [0.3, 0.4) is 0 Å². The number of rotatable bonds is 7. The van der Waals surface area contributed by atoms with E-state index in [9.17, 15) is 19.2 Å². The molecule has 1 unspecified atom stereocenters. The number of hydrogen-bond donors (Lipinski definition) is 1.